The van der Waals surface area contributed by atoms with Crippen LogP contribution >= 0.6 is 0 Å². The highest BCUT2D eigenvalue weighted by atomic mass is 19.4. The fourth-order valence-electron chi connectivity index (χ4n) is 3.26. The number of alkyl halides is 3. The SMILES string of the molecule is O=C(c1nc2ccc(F)cc2[nH]1)N1CCN(c2ccc(OC(F)(F)F)cc2)CC1. The molecule has 1 aromatic heterocycles. The summed E-state index contributed by atoms with van der Waals surface area (Å²) in [6.45, 7) is 1.87. The van der Waals surface area contributed by atoms with Crippen molar-refractivity contribution in [2.24, 2.45) is 0 Å². The molecule has 0 aliphatic carbocycles. The molecule has 1 amide bonds. The lowest BCUT2D eigenvalue weighted by molar-refractivity contribution is -0.274. The summed E-state index contributed by atoms with van der Waals surface area (Å²) in [5.74, 6) is -0.834. The van der Waals surface area contributed by atoms with E-state index >= 15 is 0 Å². The van der Waals surface area contributed by atoms with Crippen molar-refractivity contribution in [1.29, 1.82) is 0 Å². The zero-order chi connectivity index (χ0) is 20.6. The van der Waals surface area contributed by atoms with Crippen LogP contribution in [0.25, 0.3) is 11.0 Å². The first-order valence-corrected chi connectivity index (χ1v) is 8.84. The Morgan fingerprint density at radius 3 is 2.38 bits per heavy atom. The number of piperazine rings is 1. The van der Waals surface area contributed by atoms with E-state index < -0.39 is 12.2 Å². The Bertz CT molecular complexity index is 1020. The van der Waals surface area contributed by atoms with Gasteiger partial charge in [0, 0.05) is 31.9 Å². The van der Waals surface area contributed by atoms with Crippen molar-refractivity contribution in [3.63, 3.8) is 0 Å². The van der Waals surface area contributed by atoms with Crippen molar-refractivity contribution >= 4 is 22.6 Å². The molecule has 0 unspecified atom stereocenters. The molecule has 3 aromatic rings. The van der Waals surface area contributed by atoms with Gasteiger partial charge >= 0.3 is 6.36 Å². The van der Waals surface area contributed by atoms with E-state index in [1.165, 1.54) is 30.3 Å². The lowest BCUT2D eigenvalue weighted by Gasteiger charge is -2.35. The Morgan fingerprint density at radius 2 is 1.72 bits per heavy atom. The second-order valence-corrected chi connectivity index (χ2v) is 6.57. The number of H-pyrrole nitrogens is 1. The number of anilines is 1. The predicted molar refractivity (Wildman–Crippen MR) is 97.3 cm³/mol. The quantitative estimate of drug-likeness (QED) is 0.674. The highest BCUT2D eigenvalue weighted by Gasteiger charge is 2.31. The van der Waals surface area contributed by atoms with Crippen molar-refractivity contribution in [2.75, 3.05) is 31.1 Å². The summed E-state index contributed by atoms with van der Waals surface area (Å²) in [7, 11) is 0. The number of nitrogens with zero attached hydrogens (tertiary/aromatic N) is 3. The number of halogens is 4. The first-order chi connectivity index (χ1) is 13.8. The number of nitrogens with one attached hydrogen (secondary N) is 1. The van der Waals surface area contributed by atoms with Gasteiger partial charge in [-0.1, -0.05) is 0 Å². The van der Waals surface area contributed by atoms with Gasteiger partial charge in [-0.2, -0.15) is 0 Å². The van der Waals surface area contributed by atoms with Gasteiger partial charge in [0.1, 0.15) is 11.6 Å². The van der Waals surface area contributed by atoms with Gasteiger partial charge in [-0.25, -0.2) is 9.37 Å². The van der Waals surface area contributed by atoms with Gasteiger partial charge in [-0.3, -0.25) is 4.79 Å². The second-order valence-electron chi connectivity index (χ2n) is 6.57. The molecule has 4 rings (SSSR count). The number of carbonyl (C=O) groups is 1. The number of amides is 1. The minimum absolute atomic E-state index is 0.146. The zero-order valence-electron chi connectivity index (χ0n) is 15.0. The summed E-state index contributed by atoms with van der Waals surface area (Å²) < 4.78 is 53.9. The summed E-state index contributed by atoms with van der Waals surface area (Å²) in [6.07, 6.45) is -4.73. The van der Waals surface area contributed by atoms with Crippen molar-refractivity contribution in [3.05, 3.63) is 54.1 Å². The maximum atomic E-state index is 13.3. The summed E-state index contributed by atoms with van der Waals surface area (Å²) >= 11 is 0. The van der Waals surface area contributed by atoms with Gasteiger partial charge in [-0.15, -0.1) is 13.2 Å². The van der Waals surface area contributed by atoms with Crippen molar-refractivity contribution in [2.45, 2.75) is 6.36 Å². The molecule has 0 spiro atoms. The molecule has 6 nitrogen and oxygen atoms in total. The highest BCUT2D eigenvalue weighted by Crippen LogP contribution is 2.26. The Balaban J connectivity index is 1.39. The fourth-order valence-corrected chi connectivity index (χ4v) is 3.26. The van der Waals surface area contributed by atoms with Crippen LogP contribution in [0.1, 0.15) is 10.6 Å². The number of hydrogen-bond acceptors (Lipinski definition) is 4. The van der Waals surface area contributed by atoms with E-state index in [0.29, 0.717) is 37.2 Å². The summed E-state index contributed by atoms with van der Waals surface area (Å²) in [6, 6.07) is 9.67. The van der Waals surface area contributed by atoms with Gasteiger partial charge in [0.05, 0.1) is 11.0 Å². The number of aromatic nitrogens is 2. The van der Waals surface area contributed by atoms with Gasteiger partial charge in [0.2, 0.25) is 0 Å². The Labute approximate surface area is 162 Å². The van der Waals surface area contributed by atoms with Crippen molar-refractivity contribution in [1.82, 2.24) is 14.9 Å². The lowest BCUT2D eigenvalue weighted by atomic mass is 10.2. The van der Waals surface area contributed by atoms with E-state index in [1.807, 2.05) is 4.90 Å². The van der Waals surface area contributed by atoms with Gasteiger partial charge in [0.15, 0.2) is 5.82 Å². The van der Waals surface area contributed by atoms with Crippen LogP contribution in [-0.4, -0.2) is 53.3 Å². The normalized spacial score (nSPS) is 15.0. The van der Waals surface area contributed by atoms with E-state index in [-0.39, 0.29) is 17.5 Å². The number of benzene rings is 2. The number of fused-ring (bicyclic) bond motifs is 1. The van der Waals surface area contributed by atoms with Crippen LogP contribution in [0.5, 0.6) is 5.75 Å². The molecule has 1 aliphatic heterocycles. The molecule has 152 valence electrons. The molecular formula is C19H16F4N4O2. The molecule has 0 atom stereocenters. The number of imidazole rings is 1. The van der Waals surface area contributed by atoms with E-state index in [0.717, 1.165) is 5.69 Å². The second kappa shape index (κ2) is 7.26. The van der Waals surface area contributed by atoms with Crippen LogP contribution in [0.4, 0.5) is 23.2 Å². The van der Waals surface area contributed by atoms with Crippen LogP contribution in [0.2, 0.25) is 0 Å². The summed E-state index contributed by atoms with van der Waals surface area (Å²) in [5, 5.41) is 0. The molecular weight excluding hydrogens is 392 g/mol. The van der Waals surface area contributed by atoms with Crippen molar-refractivity contribution in [3.8, 4) is 5.75 Å². The minimum atomic E-state index is -4.73. The molecule has 2 aromatic carbocycles. The first-order valence-electron chi connectivity index (χ1n) is 8.84. The van der Waals surface area contributed by atoms with Crippen LogP contribution < -0.4 is 9.64 Å². The van der Waals surface area contributed by atoms with E-state index in [4.69, 9.17) is 0 Å². The van der Waals surface area contributed by atoms with Crippen molar-refractivity contribution < 1.29 is 27.1 Å². The third-order valence-electron chi connectivity index (χ3n) is 4.65. The summed E-state index contributed by atoms with van der Waals surface area (Å²) in [4.78, 5) is 23.3. The van der Waals surface area contributed by atoms with E-state index in [9.17, 15) is 22.4 Å². The molecule has 1 fully saturated rings. The maximum absolute atomic E-state index is 13.3. The number of ether oxygens (including phenoxy) is 1. The predicted octanol–water partition coefficient (Wildman–Crippen LogP) is 3.56. The molecule has 0 bridgehead atoms. The topological polar surface area (TPSA) is 61.5 Å². The average molecular weight is 408 g/mol. The Morgan fingerprint density at radius 1 is 1.03 bits per heavy atom. The number of hydrogen-bond donors (Lipinski definition) is 1. The number of rotatable bonds is 3. The van der Waals surface area contributed by atoms with E-state index in [2.05, 4.69) is 14.7 Å². The van der Waals surface area contributed by atoms with Crippen LogP contribution in [0.3, 0.4) is 0 Å². The first kappa shape index (κ1) is 19.0. The Hall–Kier alpha value is -3.30. The lowest BCUT2D eigenvalue weighted by Crippen LogP contribution is -2.49. The van der Waals surface area contributed by atoms with Gasteiger partial charge in [-0.05, 0) is 42.5 Å². The summed E-state index contributed by atoms with van der Waals surface area (Å²) in [5.41, 5.74) is 1.70. The van der Waals surface area contributed by atoms with Crippen LogP contribution in [0.15, 0.2) is 42.5 Å². The molecule has 0 radical (unpaired) electrons. The molecule has 1 N–H and O–H groups in total. The van der Waals surface area contributed by atoms with Gasteiger partial charge in [0.25, 0.3) is 5.91 Å². The van der Waals surface area contributed by atoms with E-state index in [1.54, 1.807) is 17.0 Å². The third kappa shape index (κ3) is 4.25. The van der Waals surface area contributed by atoms with Crippen LogP contribution in [0, 0.1) is 5.82 Å². The fraction of sp³-hybridized carbons (Fsp3) is 0.263. The maximum Gasteiger partial charge on any atom is 0.573 e. The third-order valence-corrected chi connectivity index (χ3v) is 4.65. The number of aromatic amines is 1. The van der Waals surface area contributed by atoms with Gasteiger partial charge < -0.3 is 19.5 Å². The van der Waals surface area contributed by atoms with Crippen LogP contribution in [-0.2, 0) is 0 Å². The molecule has 0 saturated carbocycles. The standard InChI is InChI=1S/C19H16F4N4O2/c20-12-1-6-15-16(11-12)25-17(24-15)18(28)27-9-7-26(8-10-27)13-2-4-14(5-3-13)29-19(21,22)23/h1-6,11H,7-10H2,(H,24,25). The molecule has 2 heterocycles. The smallest absolute Gasteiger partial charge is 0.406 e. The molecule has 10 heteroatoms. The molecule has 1 aliphatic rings. The minimum Gasteiger partial charge on any atom is -0.406 e. The zero-order valence-corrected chi connectivity index (χ0v) is 15.0. The largest absolute Gasteiger partial charge is 0.573 e. The monoisotopic (exact) mass is 408 g/mol. The Kier molecular flexibility index (Phi) is 4.77. The highest BCUT2D eigenvalue weighted by molar-refractivity contribution is 5.94. The number of carbonyl (C=O) groups excluding carboxylic acids is 1. The average Bonchev–Trinajstić information content (AvgIpc) is 3.10. The molecule has 1 saturated heterocycles. The molecule has 29 heavy (non-hydrogen) atoms.